The number of hydrogen-bond donors (Lipinski definition) is 0. The lowest BCUT2D eigenvalue weighted by molar-refractivity contribution is 0.589. The molecule has 0 aliphatic carbocycles. The van der Waals surface area contributed by atoms with Gasteiger partial charge in [-0.1, -0.05) is 66.2 Å². The Hall–Kier alpha value is -3.51. The fourth-order valence-corrected chi connectivity index (χ4v) is 5.16. The van der Waals surface area contributed by atoms with E-state index < -0.39 is 15.8 Å². The van der Waals surface area contributed by atoms with Gasteiger partial charge in [0.1, 0.15) is 5.52 Å². The summed E-state index contributed by atoms with van der Waals surface area (Å²) < 4.78 is 43.1. The molecule has 6 heteroatoms. The number of hydrogen-bond acceptors (Lipinski definition) is 3. The van der Waals surface area contributed by atoms with E-state index in [1.54, 1.807) is 30.3 Å². The Morgan fingerprint density at radius 2 is 1.53 bits per heavy atom. The lowest BCUT2D eigenvalue weighted by Crippen LogP contribution is -2.14. The summed E-state index contributed by atoms with van der Waals surface area (Å²) in [6, 6.07) is 24.2. The van der Waals surface area contributed by atoms with Gasteiger partial charge in [0.15, 0.2) is 11.6 Å². The van der Waals surface area contributed by atoms with Crippen molar-refractivity contribution in [2.45, 2.75) is 11.8 Å². The molecule has 4 aromatic carbocycles. The summed E-state index contributed by atoms with van der Waals surface area (Å²) in [5.41, 5.74) is 1.80. The van der Waals surface area contributed by atoms with Crippen molar-refractivity contribution in [1.29, 1.82) is 0 Å². The second kappa shape index (κ2) is 6.78. The zero-order chi connectivity index (χ0) is 20.9. The molecule has 148 valence electrons. The lowest BCUT2D eigenvalue weighted by Gasteiger charge is -2.12. The van der Waals surface area contributed by atoms with Crippen LogP contribution in [0.15, 0.2) is 89.8 Å². The highest BCUT2D eigenvalue weighted by molar-refractivity contribution is 7.90. The van der Waals surface area contributed by atoms with E-state index in [1.165, 1.54) is 12.1 Å². The van der Waals surface area contributed by atoms with Crippen LogP contribution in [0.25, 0.3) is 33.2 Å². The van der Waals surface area contributed by atoms with Crippen LogP contribution in [0, 0.1) is 12.7 Å². The number of benzene rings is 4. The first-order valence-corrected chi connectivity index (χ1v) is 10.9. The molecule has 0 bridgehead atoms. The summed E-state index contributed by atoms with van der Waals surface area (Å²) in [5.74, 6) is -0.376. The molecule has 1 heterocycles. The number of rotatable bonds is 3. The quantitative estimate of drug-likeness (QED) is 0.388. The van der Waals surface area contributed by atoms with Crippen LogP contribution in [-0.2, 0) is 10.0 Å². The van der Waals surface area contributed by atoms with Crippen LogP contribution in [0.3, 0.4) is 0 Å². The van der Waals surface area contributed by atoms with E-state index >= 15 is 0 Å². The molecule has 0 atom stereocenters. The third-order valence-corrected chi connectivity index (χ3v) is 6.90. The molecular weight excluding hydrogens is 399 g/mol. The van der Waals surface area contributed by atoms with E-state index in [0.717, 1.165) is 20.3 Å². The average Bonchev–Trinajstić information content (AvgIpc) is 3.15. The molecule has 0 radical (unpaired) electrons. The standard InChI is InChI=1S/C24H17FN2O2S/c1-16-12-14-18(15-13-16)30(28,29)27-22-11-5-10-21(25)23(22)26-24(27)20-9-4-7-17-6-2-3-8-19(17)20/h2-15H,1H3. The molecule has 5 aromatic rings. The van der Waals surface area contributed by atoms with Gasteiger partial charge in [0.05, 0.1) is 10.4 Å². The highest BCUT2D eigenvalue weighted by atomic mass is 32.2. The van der Waals surface area contributed by atoms with Gasteiger partial charge < -0.3 is 0 Å². The molecule has 5 rings (SSSR count). The van der Waals surface area contributed by atoms with Gasteiger partial charge in [0.2, 0.25) is 0 Å². The van der Waals surface area contributed by atoms with E-state index in [-0.39, 0.29) is 21.8 Å². The van der Waals surface area contributed by atoms with Gasteiger partial charge in [-0.05, 0) is 42.0 Å². The van der Waals surface area contributed by atoms with E-state index in [4.69, 9.17) is 0 Å². The summed E-state index contributed by atoms with van der Waals surface area (Å²) in [5, 5.41) is 1.79. The summed E-state index contributed by atoms with van der Waals surface area (Å²) in [6.45, 7) is 1.89. The van der Waals surface area contributed by atoms with Gasteiger partial charge in [-0.25, -0.2) is 21.8 Å². The van der Waals surface area contributed by atoms with E-state index in [0.29, 0.717) is 5.56 Å². The molecule has 4 nitrogen and oxygen atoms in total. The first-order chi connectivity index (χ1) is 14.5. The maximum Gasteiger partial charge on any atom is 0.269 e. The highest BCUT2D eigenvalue weighted by Gasteiger charge is 2.27. The smallest absolute Gasteiger partial charge is 0.224 e. The molecule has 0 aliphatic rings. The Kier molecular flexibility index (Phi) is 4.18. The number of fused-ring (bicyclic) bond motifs is 2. The fourth-order valence-electron chi connectivity index (χ4n) is 3.69. The Morgan fingerprint density at radius 1 is 0.833 bits per heavy atom. The van der Waals surface area contributed by atoms with Crippen LogP contribution in [0.2, 0.25) is 0 Å². The van der Waals surface area contributed by atoms with Gasteiger partial charge >= 0.3 is 0 Å². The van der Waals surface area contributed by atoms with E-state index in [1.807, 2.05) is 49.4 Å². The first kappa shape index (κ1) is 18.5. The predicted octanol–water partition coefficient (Wildman–Crippen LogP) is 5.54. The number of aromatic nitrogens is 2. The minimum absolute atomic E-state index is 0.0242. The number of para-hydroxylation sites is 1. The van der Waals surface area contributed by atoms with Crippen molar-refractivity contribution in [1.82, 2.24) is 8.96 Å². The van der Waals surface area contributed by atoms with Crippen molar-refractivity contribution in [3.8, 4) is 11.4 Å². The van der Waals surface area contributed by atoms with Crippen molar-refractivity contribution in [3.63, 3.8) is 0 Å². The van der Waals surface area contributed by atoms with Crippen molar-refractivity contribution in [2.24, 2.45) is 0 Å². The van der Waals surface area contributed by atoms with Crippen LogP contribution in [-0.4, -0.2) is 17.4 Å². The first-order valence-electron chi connectivity index (χ1n) is 9.44. The zero-order valence-electron chi connectivity index (χ0n) is 16.1. The molecule has 0 unspecified atom stereocenters. The third-order valence-electron chi connectivity index (χ3n) is 5.18. The van der Waals surface area contributed by atoms with Crippen molar-refractivity contribution < 1.29 is 12.8 Å². The summed E-state index contributed by atoms with van der Waals surface area (Å²) >= 11 is 0. The van der Waals surface area contributed by atoms with Crippen molar-refractivity contribution in [2.75, 3.05) is 0 Å². The second-order valence-electron chi connectivity index (χ2n) is 7.15. The zero-order valence-corrected chi connectivity index (χ0v) is 16.9. The largest absolute Gasteiger partial charge is 0.269 e. The van der Waals surface area contributed by atoms with Gasteiger partial charge in [-0.15, -0.1) is 0 Å². The normalized spacial score (nSPS) is 11.9. The summed E-state index contributed by atoms with van der Waals surface area (Å²) in [7, 11) is -4.02. The molecule has 0 spiro atoms. The van der Waals surface area contributed by atoms with Crippen LogP contribution >= 0.6 is 0 Å². The molecule has 0 N–H and O–H groups in total. The fraction of sp³-hybridized carbons (Fsp3) is 0.0417. The summed E-state index contributed by atoms with van der Waals surface area (Å²) in [4.78, 5) is 4.57. The molecule has 0 aliphatic heterocycles. The highest BCUT2D eigenvalue weighted by Crippen LogP contribution is 2.34. The topological polar surface area (TPSA) is 52.0 Å². The maximum atomic E-state index is 14.6. The molecule has 0 fully saturated rings. The Bertz CT molecular complexity index is 1520. The summed E-state index contributed by atoms with van der Waals surface area (Å²) in [6.07, 6.45) is 0. The lowest BCUT2D eigenvalue weighted by atomic mass is 10.0. The van der Waals surface area contributed by atoms with Gasteiger partial charge in [-0.3, -0.25) is 0 Å². The van der Waals surface area contributed by atoms with Gasteiger partial charge in [0.25, 0.3) is 10.0 Å². The Labute approximate surface area is 173 Å². The van der Waals surface area contributed by atoms with Crippen LogP contribution in [0.1, 0.15) is 5.56 Å². The monoisotopic (exact) mass is 416 g/mol. The van der Waals surface area contributed by atoms with E-state index in [2.05, 4.69) is 4.98 Å². The molecular formula is C24H17FN2O2S. The Morgan fingerprint density at radius 3 is 2.33 bits per heavy atom. The van der Waals surface area contributed by atoms with Crippen LogP contribution in [0.5, 0.6) is 0 Å². The van der Waals surface area contributed by atoms with Crippen molar-refractivity contribution >= 4 is 31.8 Å². The molecule has 0 saturated carbocycles. The minimum atomic E-state index is -4.02. The number of nitrogens with zero attached hydrogens (tertiary/aromatic N) is 2. The number of imidazole rings is 1. The Balaban J connectivity index is 1.90. The van der Waals surface area contributed by atoms with Crippen LogP contribution in [0.4, 0.5) is 4.39 Å². The van der Waals surface area contributed by atoms with Gasteiger partial charge in [-0.2, -0.15) is 0 Å². The SMILES string of the molecule is Cc1ccc(S(=O)(=O)n2c(-c3cccc4ccccc34)nc3c(F)cccc32)cc1. The van der Waals surface area contributed by atoms with Crippen LogP contribution < -0.4 is 0 Å². The number of aryl methyl sites for hydroxylation is 1. The minimum Gasteiger partial charge on any atom is -0.224 e. The molecule has 1 aromatic heterocycles. The molecule has 0 saturated heterocycles. The third kappa shape index (κ3) is 2.80. The van der Waals surface area contributed by atoms with E-state index in [9.17, 15) is 12.8 Å². The predicted molar refractivity (Wildman–Crippen MR) is 116 cm³/mol. The van der Waals surface area contributed by atoms with Crippen molar-refractivity contribution in [3.05, 3.63) is 96.3 Å². The maximum absolute atomic E-state index is 14.6. The molecule has 0 amide bonds. The van der Waals surface area contributed by atoms with Gasteiger partial charge in [0, 0.05) is 5.56 Å². The average molecular weight is 416 g/mol. The molecule has 30 heavy (non-hydrogen) atoms. The second-order valence-corrected chi connectivity index (χ2v) is 8.94. The number of halogens is 1.